The zero-order valence-corrected chi connectivity index (χ0v) is 16.4. The summed E-state index contributed by atoms with van der Waals surface area (Å²) in [7, 11) is 0. The van der Waals surface area contributed by atoms with Gasteiger partial charge < -0.3 is 0 Å². The van der Waals surface area contributed by atoms with E-state index in [9.17, 15) is 0 Å². The minimum atomic E-state index is 1.04. The predicted octanol–water partition coefficient (Wildman–Crippen LogP) is 6.85. The van der Waals surface area contributed by atoms with Crippen molar-refractivity contribution in [3.8, 4) is 20.9 Å². The molecule has 0 aliphatic rings. The molecule has 0 amide bonds. The number of hydrogen-bond acceptors (Lipinski definition) is 6. The monoisotopic (exact) mass is 401 g/mol. The summed E-state index contributed by atoms with van der Waals surface area (Å²) in [5, 5.41) is 1.18. The zero-order valence-electron chi connectivity index (χ0n) is 13.9. The van der Waals surface area contributed by atoms with Crippen molar-refractivity contribution in [2.75, 3.05) is 0 Å². The Morgan fingerprint density at radius 1 is 0.667 bits per heavy atom. The van der Waals surface area contributed by atoms with Gasteiger partial charge in [-0.3, -0.25) is 9.97 Å². The number of pyridine rings is 2. The van der Waals surface area contributed by atoms with Crippen LogP contribution in [-0.4, -0.2) is 15.0 Å². The van der Waals surface area contributed by atoms with Crippen molar-refractivity contribution >= 4 is 64.5 Å². The van der Waals surface area contributed by atoms with E-state index in [4.69, 9.17) is 4.98 Å². The van der Waals surface area contributed by atoms with Gasteiger partial charge in [-0.05, 0) is 42.0 Å². The van der Waals surface area contributed by atoms with Crippen LogP contribution < -0.4 is 0 Å². The van der Waals surface area contributed by atoms with Crippen molar-refractivity contribution < 1.29 is 0 Å². The first-order chi connectivity index (χ1) is 13.3. The van der Waals surface area contributed by atoms with E-state index >= 15 is 0 Å². The highest BCUT2D eigenvalue weighted by Crippen LogP contribution is 2.38. The van der Waals surface area contributed by atoms with Gasteiger partial charge in [-0.2, -0.15) is 0 Å². The summed E-state index contributed by atoms with van der Waals surface area (Å²) in [6.07, 6.45) is 5.73. The Hall–Kier alpha value is -2.67. The van der Waals surface area contributed by atoms with E-state index in [1.165, 1.54) is 34.8 Å². The number of hydrogen-bond donors (Lipinski definition) is 0. The standard InChI is InChI=1S/C21H11N3S3/c1-2-18-15(24-11-25-18)5-12(1)20-8-16-21(27-20)7-14(10-23-16)19-6-13-9-22-4-3-17(13)26-19/h1-11H. The van der Waals surface area contributed by atoms with Crippen LogP contribution in [0.4, 0.5) is 0 Å². The van der Waals surface area contributed by atoms with Gasteiger partial charge in [-0.1, -0.05) is 6.07 Å². The first-order valence-electron chi connectivity index (χ1n) is 8.41. The van der Waals surface area contributed by atoms with E-state index in [2.05, 4.69) is 52.4 Å². The van der Waals surface area contributed by atoms with Gasteiger partial charge in [0.05, 0.1) is 25.9 Å². The molecule has 128 valence electrons. The lowest BCUT2D eigenvalue weighted by atomic mass is 10.1. The first-order valence-corrected chi connectivity index (χ1v) is 10.9. The molecule has 0 saturated carbocycles. The molecule has 5 heterocycles. The fourth-order valence-electron chi connectivity index (χ4n) is 3.23. The number of thiophene rings is 2. The molecule has 0 saturated heterocycles. The molecule has 0 N–H and O–H groups in total. The van der Waals surface area contributed by atoms with Gasteiger partial charge in [0.25, 0.3) is 0 Å². The summed E-state index contributed by atoms with van der Waals surface area (Å²) in [6.45, 7) is 0. The quantitative estimate of drug-likeness (QED) is 0.318. The topological polar surface area (TPSA) is 38.7 Å². The summed E-state index contributed by atoms with van der Waals surface area (Å²) in [6, 6.07) is 15.2. The average Bonchev–Trinajstić information content (AvgIpc) is 3.42. The van der Waals surface area contributed by atoms with Crippen LogP contribution in [-0.2, 0) is 0 Å². The molecule has 1 aromatic carbocycles. The Morgan fingerprint density at radius 3 is 2.52 bits per heavy atom. The predicted molar refractivity (Wildman–Crippen MR) is 117 cm³/mol. The van der Waals surface area contributed by atoms with Crippen LogP contribution in [0.25, 0.3) is 51.4 Å². The molecule has 0 aliphatic heterocycles. The molecule has 0 bridgehead atoms. The largest absolute Gasteiger partial charge is 0.264 e. The van der Waals surface area contributed by atoms with Gasteiger partial charge in [-0.25, -0.2) is 4.98 Å². The van der Waals surface area contributed by atoms with Crippen LogP contribution in [0.15, 0.2) is 66.6 Å². The molecule has 0 fully saturated rings. The average molecular weight is 402 g/mol. The molecule has 6 rings (SSSR count). The van der Waals surface area contributed by atoms with Crippen LogP contribution in [0.1, 0.15) is 0 Å². The van der Waals surface area contributed by atoms with E-state index in [1.54, 1.807) is 34.0 Å². The van der Waals surface area contributed by atoms with Crippen LogP contribution in [0.3, 0.4) is 0 Å². The molecule has 0 radical (unpaired) electrons. The molecule has 27 heavy (non-hydrogen) atoms. The van der Waals surface area contributed by atoms with Crippen molar-refractivity contribution in [3.05, 3.63) is 66.6 Å². The minimum absolute atomic E-state index is 1.04. The summed E-state index contributed by atoms with van der Waals surface area (Å²) in [4.78, 5) is 15.8. The van der Waals surface area contributed by atoms with Crippen molar-refractivity contribution in [3.63, 3.8) is 0 Å². The van der Waals surface area contributed by atoms with Gasteiger partial charge in [-0.15, -0.1) is 34.0 Å². The van der Waals surface area contributed by atoms with E-state index in [0.717, 1.165) is 16.6 Å². The third kappa shape index (κ3) is 2.56. The fourth-order valence-corrected chi connectivity index (χ4v) is 5.96. The number of benzene rings is 1. The third-order valence-corrected chi connectivity index (χ3v) is 7.68. The number of nitrogens with zero attached hydrogens (tertiary/aromatic N) is 3. The molecule has 0 spiro atoms. The van der Waals surface area contributed by atoms with Gasteiger partial charge in [0, 0.05) is 44.0 Å². The van der Waals surface area contributed by atoms with Crippen LogP contribution >= 0.6 is 34.0 Å². The highest BCUT2D eigenvalue weighted by Gasteiger charge is 2.10. The summed E-state index contributed by atoms with van der Waals surface area (Å²) < 4.78 is 3.68. The lowest BCUT2D eigenvalue weighted by Crippen LogP contribution is -1.76. The van der Waals surface area contributed by atoms with E-state index < -0.39 is 0 Å². The Bertz CT molecular complexity index is 1410. The first kappa shape index (κ1) is 15.4. The SMILES string of the molecule is c1cc2sc(-c3cnc4cc(-c5ccc6scnc6c5)sc4c3)cc2cn1. The molecule has 0 atom stereocenters. The molecule has 3 nitrogen and oxygen atoms in total. The Balaban J connectivity index is 1.46. The second-order valence-electron chi connectivity index (χ2n) is 6.28. The normalized spacial score (nSPS) is 11.7. The Kier molecular flexibility index (Phi) is 3.38. The molecule has 5 aromatic heterocycles. The van der Waals surface area contributed by atoms with Gasteiger partial charge in [0.15, 0.2) is 0 Å². The minimum Gasteiger partial charge on any atom is -0.264 e. The number of aromatic nitrogens is 3. The van der Waals surface area contributed by atoms with Crippen molar-refractivity contribution in [2.24, 2.45) is 0 Å². The van der Waals surface area contributed by atoms with Gasteiger partial charge in [0.2, 0.25) is 0 Å². The molecule has 6 heteroatoms. The summed E-state index contributed by atoms with van der Waals surface area (Å²) >= 11 is 5.24. The van der Waals surface area contributed by atoms with Crippen molar-refractivity contribution in [1.82, 2.24) is 15.0 Å². The van der Waals surface area contributed by atoms with Crippen LogP contribution in [0.5, 0.6) is 0 Å². The Labute approximate surface area is 166 Å². The number of thiazole rings is 1. The lowest BCUT2D eigenvalue weighted by Gasteiger charge is -1.96. The number of fused-ring (bicyclic) bond motifs is 3. The number of rotatable bonds is 2. The Morgan fingerprint density at radius 2 is 1.56 bits per heavy atom. The highest BCUT2D eigenvalue weighted by atomic mass is 32.1. The maximum Gasteiger partial charge on any atom is 0.0818 e. The smallest absolute Gasteiger partial charge is 0.0818 e. The second kappa shape index (κ2) is 5.92. The zero-order chi connectivity index (χ0) is 17.8. The lowest BCUT2D eigenvalue weighted by molar-refractivity contribution is 1.37. The highest BCUT2D eigenvalue weighted by molar-refractivity contribution is 7.23. The molecular weight excluding hydrogens is 390 g/mol. The van der Waals surface area contributed by atoms with Crippen molar-refractivity contribution in [1.29, 1.82) is 0 Å². The van der Waals surface area contributed by atoms with Crippen LogP contribution in [0, 0.1) is 0 Å². The summed E-state index contributed by atoms with van der Waals surface area (Å²) in [5.74, 6) is 0. The van der Waals surface area contributed by atoms with Crippen molar-refractivity contribution in [2.45, 2.75) is 0 Å². The second-order valence-corrected chi connectivity index (χ2v) is 9.33. The summed E-state index contributed by atoms with van der Waals surface area (Å²) in [5.41, 5.74) is 6.36. The van der Waals surface area contributed by atoms with E-state index in [0.29, 0.717) is 0 Å². The fraction of sp³-hybridized carbons (Fsp3) is 0. The van der Waals surface area contributed by atoms with Gasteiger partial charge >= 0.3 is 0 Å². The molecule has 0 unspecified atom stereocenters. The maximum absolute atomic E-state index is 4.71. The molecule has 6 aromatic rings. The maximum atomic E-state index is 4.71. The molecule has 0 aliphatic carbocycles. The third-order valence-electron chi connectivity index (χ3n) is 4.59. The van der Waals surface area contributed by atoms with Gasteiger partial charge in [0.1, 0.15) is 0 Å². The van der Waals surface area contributed by atoms with Crippen LogP contribution in [0.2, 0.25) is 0 Å². The van der Waals surface area contributed by atoms with E-state index in [1.807, 2.05) is 24.1 Å². The molecular formula is C21H11N3S3. The van der Waals surface area contributed by atoms with E-state index in [-0.39, 0.29) is 0 Å².